The van der Waals surface area contributed by atoms with Crippen LogP contribution in [0.2, 0.25) is 0 Å². The van der Waals surface area contributed by atoms with Crippen LogP contribution < -0.4 is 4.74 Å². The first-order valence-corrected chi connectivity index (χ1v) is 4.54. The third-order valence-electron chi connectivity index (χ3n) is 2.05. The van der Waals surface area contributed by atoms with Crippen molar-refractivity contribution in [1.29, 1.82) is 0 Å². The molecule has 7 nitrogen and oxygen atoms in total. The molecule has 0 atom stereocenters. The van der Waals surface area contributed by atoms with Crippen molar-refractivity contribution in [3.8, 4) is 5.88 Å². The molecule has 0 radical (unpaired) electrons. The average molecular weight is 222 g/mol. The molecule has 2 aromatic rings. The zero-order chi connectivity index (χ0) is 11.5. The van der Waals surface area contributed by atoms with Gasteiger partial charge in [-0.3, -0.25) is 4.68 Å². The highest BCUT2D eigenvalue weighted by molar-refractivity contribution is 5.80. The lowest BCUT2D eigenvalue weighted by Crippen LogP contribution is -2.13. The fraction of sp³-hybridized carbons (Fsp3) is 0.333. The summed E-state index contributed by atoms with van der Waals surface area (Å²) in [7, 11) is 3.06. The van der Waals surface area contributed by atoms with E-state index in [2.05, 4.69) is 19.8 Å². The van der Waals surface area contributed by atoms with Crippen molar-refractivity contribution in [2.24, 2.45) is 7.05 Å². The number of fused-ring (bicyclic) bond motifs is 1. The zero-order valence-electron chi connectivity index (χ0n) is 8.88. The number of hydrogen-bond acceptors (Lipinski definition) is 6. The van der Waals surface area contributed by atoms with Gasteiger partial charge in [-0.2, -0.15) is 5.10 Å². The molecule has 84 valence electrons. The summed E-state index contributed by atoms with van der Waals surface area (Å²) in [6.07, 6.45) is 2.94. The minimum Gasteiger partial charge on any atom is -0.466 e. The number of nitrogens with zero attached hydrogens (tertiary/aromatic N) is 4. The first-order chi connectivity index (χ1) is 7.72. The summed E-state index contributed by atoms with van der Waals surface area (Å²) in [5.74, 6) is -0.140. The molecular formula is C9H10N4O3. The average Bonchev–Trinajstić information content (AvgIpc) is 2.69. The second-order valence-corrected chi connectivity index (χ2v) is 3.05. The highest BCUT2D eigenvalue weighted by Crippen LogP contribution is 2.19. The molecule has 0 unspecified atom stereocenters. The maximum atomic E-state index is 10.9. The van der Waals surface area contributed by atoms with Gasteiger partial charge in [0, 0.05) is 7.05 Å². The molecule has 0 bridgehead atoms. The lowest BCUT2D eigenvalue weighted by molar-refractivity contribution is -0.142. The zero-order valence-corrected chi connectivity index (χ0v) is 8.88. The first kappa shape index (κ1) is 10.3. The monoisotopic (exact) mass is 222 g/mol. The van der Waals surface area contributed by atoms with E-state index in [9.17, 15) is 4.79 Å². The molecule has 0 aromatic carbocycles. The summed E-state index contributed by atoms with van der Waals surface area (Å²) in [5.41, 5.74) is 0.648. The van der Waals surface area contributed by atoms with Gasteiger partial charge in [-0.05, 0) is 0 Å². The van der Waals surface area contributed by atoms with Gasteiger partial charge >= 0.3 is 5.97 Å². The predicted octanol–water partition coefficient (Wildman–Crippen LogP) is -0.0849. The van der Waals surface area contributed by atoms with Crippen LogP contribution in [-0.2, 0) is 16.6 Å². The third-order valence-corrected chi connectivity index (χ3v) is 2.05. The number of carbonyl (C=O) groups is 1. The van der Waals surface area contributed by atoms with Crippen molar-refractivity contribution < 1.29 is 14.3 Å². The Morgan fingerprint density at radius 3 is 3.06 bits per heavy atom. The molecule has 2 heterocycles. The fourth-order valence-corrected chi connectivity index (χ4v) is 1.24. The number of ether oxygens (including phenoxy) is 2. The molecule has 0 aliphatic heterocycles. The Bertz CT molecular complexity index is 522. The number of aryl methyl sites for hydroxylation is 1. The minimum atomic E-state index is -0.462. The van der Waals surface area contributed by atoms with Crippen LogP contribution in [0, 0.1) is 0 Å². The largest absolute Gasteiger partial charge is 0.466 e. The second kappa shape index (κ2) is 4.13. The van der Waals surface area contributed by atoms with E-state index in [4.69, 9.17) is 4.74 Å². The minimum absolute atomic E-state index is 0.183. The quantitative estimate of drug-likeness (QED) is 0.675. The summed E-state index contributed by atoms with van der Waals surface area (Å²) in [6.45, 7) is -0.183. The molecule has 0 saturated heterocycles. The van der Waals surface area contributed by atoms with E-state index < -0.39 is 5.97 Å². The molecule has 0 fully saturated rings. The molecule has 0 aliphatic rings. The number of hydrogen-bond donors (Lipinski definition) is 0. The van der Waals surface area contributed by atoms with E-state index in [0.717, 1.165) is 0 Å². The molecule has 7 heteroatoms. The normalized spacial score (nSPS) is 10.4. The molecule has 0 N–H and O–H groups in total. The predicted molar refractivity (Wildman–Crippen MR) is 53.8 cm³/mol. The lowest BCUT2D eigenvalue weighted by Gasteiger charge is -2.03. The van der Waals surface area contributed by atoms with Crippen molar-refractivity contribution in [2.75, 3.05) is 13.7 Å². The standard InChI is InChI=1S/C9H10N4O3/c1-13-8-6(3-12-13)9(11-5-10-8)16-4-7(14)15-2/h3,5H,4H2,1-2H3. The number of esters is 1. The van der Waals surface area contributed by atoms with Crippen LogP contribution in [0.3, 0.4) is 0 Å². The van der Waals surface area contributed by atoms with Gasteiger partial charge in [-0.25, -0.2) is 14.8 Å². The van der Waals surface area contributed by atoms with Gasteiger partial charge in [0.1, 0.15) is 11.7 Å². The van der Waals surface area contributed by atoms with Gasteiger partial charge < -0.3 is 9.47 Å². The maximum absolute atomic E-state index is 10.9. The lowest BCUT2D eigenvalue weighted by atomic mass is 10.4. The molecular weight excluding hydrogens is 212 g/mol. The van der Waals surface area contributed by atoms with Gasteiger partial charge in [-0.1, -0.05) is 0 Å². The van der Waals surface area contributed by atoms with E-state index in [-0.39, 0.29) is 6.61 Å². The van der Waals surface area contributed by atoms with Crippen molar-refractivity contribution in [1.82, 2.24) is 19.7 Å². The van der Waals surface area contributed by atoms with Crippen LogP contribution in [0.4, 0.5) is 0 Å². The molecule has 0 saturated carbocycles. The van der Waals surface area contributed by atoms with Crippen molar-refractivity contribution in [2.45, 2.75) is 0 Å². The molecule has 0 amide bonds. The van der Waals surface area contributed by atoms with E-state index in [1.165, 1.54) is 13.4 Å². The molecule has 2 rings (SSSR count). The van der Waals surface area contributed by atoms with E-state index in [1.807, 2.05) is 0 Å². The van der Waals surface area contributed by atoms with Crippen LogP contribution in [0.5, 0.6) is 5.88 Å². The van der Waals surface area contributed by atoms with Crippen LogP contribution in [0.25, 0.3) is 11.0 Å². The Labute approximate surface area is 91.0 Å². The van der Waals surface area contributed by atoms with Crippen molar-refractivity contribution in [3.63, 3.8) is 0 Å². The van der Waals surface area contributed by atoms with Crippen molar-refractivity contribution in [3.05, 3.63) is 12.5 Å². The Hall–Kier alpha value is -2.18. The van der Waals surface area contributed by atoms with E-state index >= 15 is 0 Å². The van der Waals surface area contributed by atoms with Gasteiger partial charge in [0.25, 0.3) is 0 Å². The van der Waals surface area contributed by atoms with E-state index in [0.29, 0.717) is 16.9 Å². The van der Waals surface area contributed by atoms with Crippen LogP contribution >= 0.6 is 0 Å². The highest BCUT2D eigenvalue weighted by atomic mass is 16.6. The Kier molecular flexibility index (Phi) is 2.67. The highest BCUT2D eigenvalue weighted by Gasteiger charge is 2.10. The smallest absolute Gasteiger partial charge is 0.343 e. The fourth-order valence-electron chi connectivity index (χ4n) is 1.24. The number of rotatable bonds is 3. The summed E-state index contributed by atoms with van der Waals surface area (Å²) in [4.78, 5) is 18.9. The summed E-state index contributed by atoms with van der Waals surface area (Å²) >= 11 is 0. The van der Waals surface area contributed by atoms with Crippen LogP contribution in [0.15, 0.2) is 12.5 Å². The van der Waals surface area contributed by atoms with Crippen molar-refractivity contribution >= 4 is 17.0 Å². The SMILES string of the molecule is COC(=O)COc1ncnc2c1cnn2C. The molecule has 16 heavy (non-hydrogen) atoms. The van der Waals surface area contributed by atoms with Gasteiger partial charge in [0.05, 0.1) is 13.3 Å². The Morgan fingerprint density at radius 1 is 1.50 bits per heavy atom. The molecule has 0 aliphatic carbocycles. The first-order valence-electron chi connectivity index (χ1n) is 4.54. The van der Waals surface area contributed by atoms with Gasteiger partial charge in [0.2, 0.25) is 5.88 Å². The summed E-state index contributed by atoms with van der Waals surface area (Å²) in [6, 6.07) is 0. The number of methoxy groups -OCH3 is 1. The van der Waals surface area contributed by atoms with E-state index in [1.54, 1.807) is 17.9 Å². The summed E-state index contributed by atoms with van der Waals surface area (Å²) < 4.78 is 11.3. The molecule has 2 aromatic heterocycles. The second-order valence-electron chi connectivity index (χ2n) is 3.05. The summed E-state index contributed by atoms with van der Waals surface area (Å²) in [5, 5.41) is 4.68. The van der Waals surface area contributed by atoms with Crippen LogP contribution in [0.1, 0.15) is 0 Å². The number of carbonyl (C=O) groups excluding carboxylic acids is 1. The van der Waals surface area contributed by atoms with Crippen LogP contribution in [-0.4, -0.2) is 39.4 Å². The molecule has 0 spiro atoms. The number of aromatic nitrogens is 4. The topological polar surface area (TPSA) is 79.1 Å². The maximum Gasteiger partial charge on any atom is 0.343 e. The van der Waals surface area contributed by atoms with Gasteiger partial charge in [-0.15, -0.1) is 0 Å². The Balaban J connectivity index is 2.27. The van der Waals surface area contributed by atoms with Gasteiger partial charge in [0.15, 0.2) is 12.3 Å². The third kappa shape index (κ3) is 1.79. The Morgan fingerprint density at radius 2 is 2.31 bits per heavy atom.